The van der Waals surface area contributed by atoms with Crippen molar-refractivity contribution < 1.29 is 53.1 Å². The summed E-state index contributed by atoms with van der Waals surface area (Å²) in [5.74, 6) is -7.18. The van der Waals surface area contributed by atoms with Crippen molar-refractivity contribution in [3.63, 3.8) is 0 Å². The molecule has 2 aliphatic carbocycles. The van der Waals surface area contributed by atoms with Crippen molar-refractivity contribution >= 4 is 23.5 Å². The van der Waals surface area contributed by atoms with Gasteiger partial charge in [0.15, 0.2) is 5.60 Å². The summed E-state index contributed by atoms with van der Waals surface area (Å²) < 4.78 is 31.6. The Bertz CT molecular complexity index is 1290. The highest BCUT2D eigenvalue weighted by molar-refractivity contribution is 5.98. The number of fused-ring (bicyclic) bond motifs is 2. The molecule has 2 N–H and O–H groups in total. The van der Waals surface area contributed by atoms with Crippen LogP contribution in [-0.2, 0) is 42.9 Å². The fourth-order valence-electron chi connectivity index (χ4n) is 10.8. The molecule has 0 aromatic heterocycles. The molecule has 0 amide bonds. The Balaban J connectivity index is 1.33. The van der Waals surface area contributed by atoms with Gasteiger partial charge in [-0.15, -0.1) is 0 Å². The first kappa shape index (κ1) is 25.8. The number of aliphatic hydroxyl groups excluding tert-OH is 1. The average Bonchev–Trinajstić information content (AvgIpc) is 3.43. The maximum Gasteiger partial charge on any atom is 0.341 e. The van der Waals surface area contributed by atoms with E-state index in [1.807, 2.05) is 20.8 Å². The summed E-state index contributed by atoms with van der Waals surface area (Å²) in [6, 6.07) is 0. The SMILES string of the molecule is C[C@@H]1C(=O)[C@@]2(C)CC[C@]34C[C@]56OC(=O)C[C@H]5OC(C)(C)[C@@H]6C[C@H](O)[C@H]3C(=O)[C@]3(O[C@H]5[C@H](OC(=O)[C@]5(C)O)[C@@H]1[C@H]32)O4. The van der Waals surface area contributed by atoms with Crippen LogP contribution in [0.15, 0.2) is 0 Å². The van der Waals surface area contributed by atoms with Gasteiger partial charge in [-0.05, 0) is 40.0 Å². The predicted octanol–water partition coefficient (Wildman–Crippen LogP) is 0.598. The third-order valence-corrected chi connectivity index (χ3v) is 12.4. The first-order valence-electron chi connectivity index (χ1n) is 14.5. The summed E-state index contributed by atoms with van der Waals surface area (Å²) in [5.41, 5.74) is -6.25. The predicted molar refractivity (Wildman–Crippen MR) is 130 cm³/mol. The van der Waals surface area contributed by atoms with Crippen molar-refractivity contribution in [2.45, 2.75) is 119 Å². The molecular formula is C29H36O11. The van der Waals surface area contributed by atoms with E-state index in [9.17, 15) is 29.4 Å². The summed E-state index contributed by atoms with van der Waals surface area (Å²) in [6.07, 6.45) is -2.95. The fourth-order valence-corrected chi connectivity index (χ4v) is 10.8. The van der Waals surface area contributed by atoms with Crippen molar-refractivity contribution in [3.05, 3.63) is 0 Å². The lowest BCUT2D eigenvalue weighted by Gasteiger charge is -2.50. The number of esters is 2. The lowest BCUT2D eigenvalue weighted by atomic mass is 9.60. The number of hydrogen-bond donors (Lipinski definition) is 2. The van der Waals surface area contributed by atoms with Gasteiger partial charge in [-0.3, -0.25) is 14.4 Å². The van der Waals surface area contributed by atoms with Crippen molar-refractivity contribution in [1.82, 2.24) is 0 Å². The largest absolute Gasteiger partial charge is 0.457 e. The summed E-state index contributed by atoms with van der Waals surface area (Å²) >= 11 is 0. The molecule has 0 aromatic rings. The highest BCUT2D eigenvalue weighted by atomic mass is 16.7. The molecule has 8 fully saturated rings. The van der Waals surface area contributed by atoms with Gasteiger partial charge in [0.25, 0.3) is 0 Å². The first-order chi connectivity index (χ1) is 18.5. The Morgan fingerprint density at radius 1 is 0.975 bits per heavy atom. The second-order valence-electron chi connectivity index (χ2n) is 14.7. The molecule has 218 valence electrons. The molecule has 40 heavy (non-hydrogen) atoms. The van der Waals surface area contributed by atoms with Crippen LogP contribution in [0.4, 0.5) is 0 Å². The molecule has 0 radical (unpaired) electrons. The topological polar surface area (TPSA) is 155 Å². The van der Waals surface area contributed by atoms with Crippen LogP contribution in [0.2, 0.25) is 0 Å². The van der Waals surface area contributed by atoms with Crippen LogP contribution < -0.4 is 0 Å². The Morgan fingerprint density at radius 3 is 2.42 bits per heavy atom. The minimum Gasteiger partial charge on any atom is -0.457 e. The van der Waals surface area contributed by atoms with Crippen LogP contribution in [0.3, 0.4) is 0 Å². The smallest absolute Gasteiger partial charge is 0.341 e. The van der Waals surface area contributed by atoms with E-state index in [0.717, 1.165) is 0 Å². The van der Waals surface area contributed by atoms with Crippen LogP contribution in [-0.4, -0.2) is 86.3 Å². The zero-order valence-corrected chi connectivity index (χ0v) is 23.3. The third kappa shape index (κ3) is 2.55. The molecule has 11 nitrogen and oxygen atoms in total. The van der Waals surface area contributed by atoms with Crippen LogP contribution in [0.5, 0.6) is 0 Å². The molecule has 8 rings (SSSR count). The Kier molecular flexibility index (Phi) is 4.50. The van der Waals surface area contributed by atoms with E-state index in [0.29, 0.717) is 6.42 Å². The van der Waals surface area contributed by atoms with E-state index < -0.39 is 99.4 Å². The van der Waals surface area contributed by atoms with Crippen molar-refractivity contribution in [2.24, 2.45) is 35.0 Å². The fraction of sp³-hybridized carbons (Fsp3) is 0.862. The van der Waals surface area contributed by atoms with Gasteiger partial charge in [0.1, 0.15) is 29.7 Å². The number of carbonyl (C=O) groups is 4. The van der Waals surface area contributed by atoms with Crippen molar-refractivity contribution in [3.8, 4) is 0 Å². The molecule has 6 saturated heterocycles. The second kappa shape index (κ2) is 6.99. The number of ketones is 2. The van der Waals surface area contributed by atoms with Gasteiger partial charge in [-0.25, -0.2) is 4.79 Å². The second-order valence-corrected chi connectivity index (χ2v) is 14.7. The molecule has 0 aromatic carbocycles. The number of Topliss-reactive ketones (excluding diaryl/α,β-unsaturated/α-hetero) is 2. The molecular weight excluding hydrogens is 524 g/mol. The summed E-state index contributed by atoms with van der Waals surface area (Å²) in [4.78, 5) is 54.3. The molecule has 8 aliphatic rings. The van der Waals surface area contributed by atoms with Crippen molar-refractivity contribution in [2.75, 3.05) is 0 Å². The molecule has 11 heteroatoms. The number of carbonyl (C=O) groups excluding carboxylic acids is 4. The Labute approximate surface area is 231 Å². The average molecular weight is 561 g/mol. The van der Waals surface area contributed by atoms with Gasteiger partial charge in [0, 0.05) is 35.5 Å². The first-order valence-corrected chi connectivity index (χ1v) is 14.5. The number of rotatable bonds is 0. The maximum absolute atomic E-state index is 14.8. The molecule has 6 aliphatic heterocycles. The van der Waals surface area contributed by atoms with Gasteiger partial charge >= 0.3 is 11.9 Å². The standard InChI is InChI=1S/C29H36O11/c1-11-16-18-22(26(5,35)23(34)36-18)39-29-19(16)25(4,20(11)32)6-7-27(40-29)10-28-13(8-12(30)17(27)21(29)33)24(2,3)37-14(28)9-15(31)38-28/h11-14,16-19,22,30,35H,6-10H2,1-5H3/t11-,12-,13-,14+,16+,17-,18+,19-,22-,25-,26+,27-,28+,29+/m0/s1. The lowest BCUT2D eigenvalue weighted by Crippen LogP contribution is -2.66. The zero-order valence-electron chi connectivity index (χ0n) is 23.3. The van der Waals surface area contributed by atoms with Gasteiger partial charge in [-0.1, -0.05) is 13.8 Å². The van der Waals surface area contributed by atoms with Gasteiger partial charge < -0.3 is 33.9 Å². The summed E-state index contributed by atoms with van der Waals surface area (Å²) in [6.45, 7) is 8.72. The lowest BCUT2D eigenvalue weighted by molar-refractivity contribution is -0.339. The third-order valence-electron chi connectivity index (χ3n) is 12.4. The van der Waals surface area contributed by atoms with Crippen LogP contribution in [0.1, 0.15) is 66.7 Å². The quantitative estimate of drug-likeness (QED) is 0.400. The van der Waals surface area contributed by atoms with E-state index in [-0.39, 0.29) is 37.4 Å². The minimum absolute atomic E-state index is 0.0636. The van der Waals surface area contributed by atoms with Crippen LogP contribution in [0.25, 0.3) is 0 Å². The van der Waals surface area contributed by atoms with Crippen LogP contribution >= 0.6 is 0 Å². The highest BCUT2D eigenvalue weighted by Crippen LogP contribution is 2.71. The molecule has 0 unspecified atom stereocenters. The maximum atomic E-state index is 14.8. The van der Waals surface area contributed by atoms with E-state index in [1.165, 1.54) is 6.92 Å². The van der Waals surface area contributed by atoms with Gasteiger partial charge in [0.2, 0.25) is 11.6 Å². The van der Waals surface area contributed by atoms with E-state index >= 15 is 0 Å². The number of ether oxygens (including phenoxy) is 5. The highest BCUT2D eigenvalue weighted by Gasteiger charge is 2.84. The van der Waals surface area contributed by atoms with Crippen LogP contribution in [0, 0.1) is 35.0 Å². The Morgan fingerprint density at radius 2 is 1.70 bits per heavy atom. The van der Waals surface area contributed by atoms with Crippen molar-refractivity contribution in [1.29, 1.82) is 0 Å². The van der Waals surface area contributed by atoms with E-state index in [4.69, 9.17) is 23.7 Å². The van der Waals surface area contributed by atoms with E-state index in [2.05, 4.69) is 0 Å². The molecule has 6 heterocycles. The zero-order chi connectivity index (χ0) is 28.6. The summed E-state index contributed by atoms with van der Waals surface area (Å²) in [7, 11) is 0. The summed E-state index contributed by atoms with van der Waals surface area (Å²) in [5, 5.41) is 23.0. The number of aliphatic hydroxyl groups is 2. The Hall–Kier alpha value is -1.92. The van der Waals surface area contributed by atoms with Gasteiger partial charge in [0.05, 0.1) is 29.6 Å². The minimum atomic E-state index is -2.06. The molecule has 2 saturated carbocycles. The normalized spacial score (nSPS) is 60.6. The number of hydrogen-bond acceptors (Lipinski definition) is 11. The monoisotopic (exact) mass is 560 g/mol. The molecule has 14 atom stereocenters. The molecule has 3 spiro atoms. The van der Waals surface area contributed by atoms with Gasteiger partial charge in [-0.2, -0.15) is 0 Å². The molecule has 2 bridgehead atoms. The van der Waals surface area contributed by atoms with E-state index in [1.54, 1.807) is 6.92 Å².